The Morgan fingerprint density at radius 3 is 2.32 bits per heavy atom. The smallest absolute Gasteiger partial charge is 0.342 e. The number of carboxylic acids is 1. The zero-order valence-electron chi connectivity index (χ0n) is 9.54. The van der Waals surface area contributed by atoms with Gasteiger partial charge in [-0.3, -0.25) is 10.1 Å². The molecule has 0 amide bonds. The standard InChI is InChI=1S/C13H8FNO4/c14-11-9(8-4-2-1-3-5-8)6-7-10(13(16)17)12(11)15(18)19/h1-7H,(H,16,17). The van der Waals surface area contributed by atoms with Crippen LogP contribution in [0.5, 0.6) is 0 Å². The predicted octanol–water partition coefficient (Wildman–Crippen LogP) is 3.10. The third-order valence-corrected chi connectivity index (χ3v) is 2.61. The molecule has 2 aromatic rings. The number of rotatable bonds is 3. The fourth-order valence-electron chi connectivity index (χ4n) is 1.76. The van der Waals surface area contributed by atoms with Gasteiger partial charge in [-0.05, 0) is 11.6 Å². The SMILES string of the molecule is O=C(O)c1ccc(-c2ccccc2)c(F)c1[N+](=O)[O-]. The van der Waals surface area contributed by atoms with Crippen molar-refractivity contribution in [3.8, 4) is 11.1 Å². The van der Waals surface area contributed by atoms with Gasteiger partial charge in [-0.2, -0.15) is 4.39 Å². The normalized spacial score (nSPS) is 10.2. The molecule has 96 valence electrons. The molecule has 0 aliphatic heterocycles. The highest BCUT2D eigenvalue weighted by Gasteiger charge is 2.27. The van der Waals surface area contributed by atoms with Crippen LogP contribution >= 0.6 is 0 Å². The lowest BCUT2D eigenvalue weighted by atomic mass is 10.0. The van der Waals surface area contributed by atoms with E-state index < -0.39 is 28.0 Å². The Hall–Kier alpha value is -2.76. The Balaban J connectivity index is 2.71. The van der Waals surface area contributed by atoms with Crippen molar-refractivity contribution in [2.75, 3.05) is 0 Å². The van der Waals surface area contributed by atoms with Crippen LogP contribution in [0, 0.1) is 15.9 Å². The molecule has 0 atom stereocenters. The van der Waals surface area contributed by atoms with Gasteiger partial charge in [0.2, 0.25) is 5.82 Å². The highest BCUT2D eigenvalue weighted by atomic mass is 19.1. The summed E-state index contributed by atoms with van der Waals surface area (Å²) in [6.45, 7) is 0. The Labute approximate surface area is 107 Å². The number of halogens is 1. The van der Waals surface area contributed by atoms with Gasteiger partial charge in [-0.15, -0.1) is 0 Å². The van der Waals surface area contributed by atoms with E-state index in [1.54, 1.807) is 30.3 Å². The zero-order chi connectivity index (χ0) is 14.0. The van der Waals surface area contributed by atoms with Gasteiger partial charge in [0.1, 0.15) is 5.56 Å². The number of hydrogen-bond donors (Lipinski definition) is 1. The first kappa shape index (κ1) is 12.7. The Kier molecular flexibility index (Phi) is 3.24. The summed E-state index contributed by atoms with van der Waals surface area (Å²) in [5.41, 5.74) is -1.24. The topological polar surface area (TPSA) is 80.4 Å². The summed E-state index contributed by atoms with van der Waals surface area (Å²) in [4.78, 5) is 20.7. The van der Waals surface area contributed by atoms with Gasteiger partial charge in [0.05, 0.1) is 4.92 Å². The lowest BCUT2D eigenvalue weighted by molar-refractivity contribution is -0.387. The minimum absolute atomic E-state index is 0.00250. The van der Waals surface area contributed by atoms with Crippen LogP contribution in [0.2, 0.25) is 0 Å². The molecule has 0 bridgehead atoms. The quantitative estimate of drug-likeness (QED) is 0.680. The molecule has 0 saturated heterocycles. The third kappa shape index (κ3) is 2.28. The third-order valence-electron chi connectivity index (χ3n) is 2.61. The van der Waals surface area contributed by atoms with Crippen LogP contribution in [-0.2, 0) is 0 Å². The van der Waals surface area contributed by atoms with Crippen LogP contribution in [0.15, 0.2) is 42.5 Å². The van der Waals surface area contributed by atoms with Crippen LogP contribution in [-0.4, -0.2) is 16.0 Å². The van der Waals surface area contributed by atoms with E-state index in [4.69, 9.17) is 5.11 Å². The maximum absolute atomic E-state index is 14.1. The van der Waals surface area contributed by atoms with Crippen LogP contribution in [0.4, 0.5) is 10.1 Å². The molecule has 2 rings (SSSR count). The number of nitro groups is 1. The Morgan fingerprint density at radius 2 is 1.79 bits per heavy atom. The number of benzene rings is 2. The fourth-order valence-corrected chi connectivity index (χ4v) is 1.76. The second-order valence-corrected chi connectivity index (χ2v) is 3.75. The molecule has 0 aliphatic rings. The summed E-state index contributed by atoms with van der Waals surface area (Å²) in [6, 6.07) is 10.5. The Morgan fingerprint density at radius 1 is 1.16 bits per heavy atom. The van der Waals surface area contributed by atoms with Gasteiger partial charge in [-0.1, -0.05) is 36.4 Å². The number of carboxylic acid groups (broad SMARTS) is 1. The van der Waals surface area contributed by atoms with E-state index in [9.17, 15) is 19.3 Å². The molecule has 0 radical (unpaired) electrons. The summed E-state index contributed by atoms with van der Waals surface area (Å²) >= 11 is 0. The van der Waals surface area contributed by atoms with E-state index >= 15 is 0 Å². The first-order valence-electron chi connectivity index (χ1n) is 5.28. The van der Waals surface area contributed by atoms with Crippen molar-refractivity contribution in [1.29, 1.82) is 0 Å². The molecule has 2 aromatic carbocycles. The fraction of sp³-hybridized carbons (Fsp3) is 0. The number of nitro benzene ring substituents is 1. The van der Waals surface area contributed by atoms with Crippen molar-refractivity contribution in [3.05, 3.63) is 64.0 Å². The molecule has 19 heavy (non-hydrogen) atoms. The van der Waals surface area contributed by atoms with E-state index in [1.165, 1.54) is 6.07 Å². The van der Waals surface area contributed by atoms with Crippen LogP contribution < -0.4 is 0 Å². The van der Waals surface area contributed by atoms with Crippen LogP contribution in [0.3, 0.4) is 0 Å². The highest BCUT2D eigenvalue weighted by molar-refractivity contribution is 5.93. The van der Waals surface area contributed by atoms with Crippen molar-refractivity contribution in [3.63, 3.8) is 0 Å². The largest absolute Gasteiger partial charge is 0.477 e. The zero-order valence-corrected chi connectivity index (χ0v) is 9.54. The van der Waals surface area contributed by atoms with Crippen LogP contribution in [0.25, 0.3) is 11.1 Å². The first-order valence-corrected chi connectivity index (χ1v) is 5.28. The summed E-state index contributed by atoms with van der Waals surface area (Å²) < 4.78 is 14.1. The minimum atomic E-state index is -1.54. The summed E-state index contributed by atoms with van der Waals surface area (Å²) in [5.74, 6) is -2.68. The average molecular weight is 261 g/mol. The number of carbonyl (C=O) groups is 1. The highest BCUT2D eigenvalue weighted by Crippen LogP contribution is 2.31. The van der Waals surface area contributed by atoms with E-state index in [2.05, 4.69) is 0 Å². The van der Waals surface area contributed by atoms with E-state index in [0.717, 1.165) is 6.07 Å². The average Bonchev–Trinajstić information content (AvgIpc) is 2.38. The molecule has 0 spiro atoms. The molecule has 1 N–H and O–H groups in total. The number of nitrogens with zero attached hydrogens (tertiary/aromatic N) is 1. The second-order valence-electron chi connectivity index (χ2n) is 3.75. The van der Waals surface area contributed by atoms with Gasteiger partial charge in [0, 0.05) is 5.56 Å². The first-order chi connectivity index (χ1) is 9.02. The molecular formula is C13H8FNO4. The van der Waals surface area contributed by atoms with Gasteiger partial charge in [0.15, 0.2) is 0 Å². The van der Waals surface area contributed by atoms with Crippen molar-refractivity contribution in [2.45, 2.75) is 0 Å². The lowest BCUT2D eigenvalue weighted by Gasteiger charge is -2.05. The van der Waals surface area contributed by atoms with Crippen molar-refractivity contribution < 1.29 is 19.2 Å². The molecule has 0 saturated carbocycles. The van der Waals surface area contributed by atoms with Gasteiger partial charge in [0.25, 0.3) is 0 Å². The van der Waals surface area contributed by atoms with Crippen molar-refractivity contribution in [1.82, 2.24) is 0 Å². The summed E-state index contributed by atoms with van der Waals surface area (Å²) in [5, 5.41) is 19.7. The molecule has 0 aliphatic carbocycles. The molecule has 0 aromatic heterocycles. The molecule has 5 nitrogen and oxygen atoms in total. The monoisotopic (exact) mass is 261 g/mol. The maximum Gasteiger partial charge on any atom is 0.342 e. The lowest BCUT2D eigenvalue weighted by Crippen LogP contribution is -2.05. The van der Waals surface area contributed by atoms with E-state index in [1.807, 2.05) is 0 Å². The maximum atomic E-state index is 14.1. The molecule has 0 fully saturated rings. The van der Waals surface area contributed by atoms with Gasteiger partial charge < -0.3 is 5.11 Å². The molecule has 0 unspecified atom stereocenters. The predicted molar refractivity (Wildman–Crippen MR) is 65.4 cm³/mol. The van der Waals surface area contributed by atoms with Crippen LogP contribution in [0.1, 0.15) is 10.4 Å². The molecule has 0 heterocycles. The van der Waals surface area contributed by atoms with E-state index in [-0.39, 0.29) is 5.56 Å². The summed E-state index contributed by atoms with van der Waals surface area (Å²) in [6.07, 6.45) is 0. The van der Waals surface area contributed by atoms with Crippen molar-refractivity contribution in [2.24, 2.45) is 0 Å². The molecule has 6 heteroatoms. The molecular weight excluding hydrogens is 253 g/mol. The van der Waals surface area contributed by atoms with Gasteiger partial charge in [-0.25, -0.2) is 4.79 Å². The summed E-state index contributed by atoms with van der Waals surface area (Å²) in [7, 11) is 0. The second kappa shape index (κ2) is 4.85. The number of hydrogen-bond acceptors (Lipinski definition) is 3. The van der Waals surface area contributed by atoms with Gasteiger partial charge >= 0.3 is 11.7 Å². The van der Waals surface area contributed by atoms with Crippen molar-refractivity contribution >= 4 is 11.7 Å². The minimum Gasteiger partial charge on any atom is -0.477 e. The number of aromatic carboxylic acids is 1. The van der Waals surface area contributed by atoms with E-state index in [0.29, 0.717) is 5.56 Å². The Bertz CT molecular complexity index is 655.